The van der Waals surface area contributed by atoms with Crippen molar-refractivity contribution in [3.05, 3.63) is 11.8 Å². The van der Waals surface area contributed by atoms with E-state index < -0.39 is 66.3 Å². The second-order valence-electron chi connectivity index (χ2n) is 5.49. The number of nitrogens with zero attached hydrogens (tertiary/aromatic N) is 1. The van der Waals surface area contributed by atoms with Gasteiger partial charge < -0.3 is 42.2 Å². The molecule has 2 amide bonds. The van der Waals surface area contributed by atoms with Crippen molar-refractivity contribution in [2.45, 2.75) is 37.3 Å². The molecule has 0 spiro atoms. The van der Waals surface area contributed by atoms with Crippen molar-refractivity contribution < 1.29 is 34.4 Å². The van der Waals surface area contributed by atoms with Crippen LogP contribution in [0.3, 0.4) is 0 Å². The smallest absolute Gasteiger partial charge is 0.370 e. The van der Waals surface area contributed by atoms with Gasteiger partial charge in [-0.3, -0.25) is 9.59 Å². The minimum Gasteiger partial charge on any atom is -0.478 e. The van der Waals surface area contributed by atoms with E-state index in [4.69, 9.17) is 29.2 Å². The van der Waals surface area contributed by atoms with Crippen LogP contribution in [0, 0.1) is 0 Å². The number of aliphatic hydroxyl groups is 2. The van der Waals surface area contributed by atoms with Gasteiger partial charge in [0.15, 0.2) is 19.6 Å². The minimum atomic E-state index is -1.72. The van der Waals surface area contributed by atoms with E-state index >= 15 is 0 Å². The molecule has 0 bridgehead atoms. The first kappa shape index (κ1) is 21.2. The number of carboxylic acids is 1. The number of nitrogens with one attached hydrogen (secondary N) is 2. The van der Waals surface area contributed by atoms with E-state index in [1.165, 1.54) is 6.92 Å². The largest absolute Gasteiger partial charge is 0.478 e. The number of nitrogens with two attached hydrogens (primary N) is 2. The molecule has 0 saturated carbocycles. The Hall–Kier alpha value is -2.80. The molecule has 0 aromatic rings. The number of carbonyl (C=O) groups excluding carboxylic acids is 2. The number of ether oxygens (including phenoxy) is 1. The average molecular weight is 369 g/mol. The Balaban J connectivity index is 3.20. The number of aliphatic hydroxyl groups excluding tert-OH is 2. The van der Waals surface area contributed by atoms with Gasteiger partial charge in [0.1, 0.15) is 18.3 Å². The molecule has 0 aromatic heterocycles. The fourth-order valence-electron chi connectivity index (χ4n) is 2.35. The summed E-state index contributed by atoms with van der Waals surface area (Å²) < 4.78 is 5.20. The van der Waals surface area contributed by atoms with Gasteiger partial charge >= 0.3 is 5.97 Å². The zero-order valence-electron chi connectivity index (χ0n) is 13.8. The highest BCUT2D eigenvalue weighted by atomic mass is 16.5. The van der Waals surface area contributed by atoms with Gasteiger partial charge in [0.05, 0.1) is 12.1 Å². The van der Waals surface area contributed by atoms with Crippen LogP contribution < -0.4 is 22.1 Å². The first-order valence-corrected chi connectivity index (χ1v) is 7.40. The van der Waals surface area contributed by atoms with E-state index in [0.29, 0.717) is 0 Å². The van der Waals surface area contributed by atoms with Crippen LogP contribution in [-0.2, 0) is 14.3 Å². The number of aliphatic carboxylic acids is 1. The highest BCUT2D eigenvalue weighted by Crippen LogP contribution is 2.24. The third kappa shape index (κ3) is 5.93. The van der Waals surface area contributed by atoms with E-state index in [2.05, 4.69) is 15.6 Å². The summed E-state index contributed by atoms with van der Waals surface area (Å²) in [7, 11) is 4.89. The molecule has 9 N–H and O–H groups in total. The second kappa shape index (κ2) is 9.06. The highest BCUT2D eigenvalue weighted by Gasteiger charge is 2.43. The maximum Gasteiger partial charge on any atom is 0.370 e. The van der Waals surface area contributed by atoms with Gasteiger partial charge in [-0.15, -0.1) is 0 Å². The molecular formula is C13H20BN5O7. The molecule has 0 saturated heterocycles. The Bertz CT molecular complexity index is 622. The zero-order valence-corrected chi connectivity index (χ0v) is 13.8. The van der Waals surface area contributed by atoms with E-state index in [0.717, 1.165) is 6.08 Å². The number of rotatable bonds is 7. The first-order valence-electron chi connectivity index (χ1n) is 7.40. The number of aliphatic imine (C=N–C) groups is 1. The monoisotopic (exact) mass is 369 g/mol. The van der Waals surface area contributed by atoms with Crippen LogP contribution in [0.25, 0.3) is 0 Å². The molecule has 5 atom stereocenters. The molecule has 26 heavy (non-hydrogen) atoms. The maximum absolute atomic E-state index is 11.5. The normalized spacial score (nSPS) is 24.3. The predicted octanol–water partition coefficient (Wildman–Crippen LogP) is -3.90. The molecule has 13 heteroatoms. The van der Waals surface area contributed by atoms with Gasteiger partial charge in [-0.2, -0.15) is 0 Å². The fourth-order valence-corrected chi connectivity index (χ4v) is 2.35. The summed E-state index contributed by atoms with van der Waals surface area (Å²) in [6.45, 7) is 0.736. The molecule has 0 aromatic carbocycles. The average Bonchev–Trinajstić information content (AvgIpc) is 2.52. The summed E-state index contributed by atoms with van der Waals surface area (Å²) in [6, 6.07) is -2.18. The van der Waals surface area contributed by atoms with Gasteiger partial charge in [0.2, 0.25) is 11.7 Å². The van der Waals surface area contributed by atoms with Crippen molar-refractivity contribution in [1.29, 1.82) is 0 Å². The third-order valence-corrected chi connectivity index (χ3v) is 3.40. The van der Waals surface area contributed by atoms with Crippen molar-refractivity contribution in [3.63, 3.8) is 0 Å². The summed E-state index contributed by atoms with van der Waals surface area (Å²) in [5, 5.41) is 34.0. The number of guanidine groups is 1. The topological polar surface area (TPSA) is 210 Å². The van der Waals surface area contributed by atoms with Crippen LogP contribution in [-0.4, -0.2) is 83.7 Å². The number of carboxylic acid groups (broad SMARTS) is 1. The lowest BCUT2D eigenvalue weighted by molar-refractivity contribution is -0.144. The van der Waals surface area contributed by atoms with Crippen LogP contribution in [0.2, 0.25) is 0 Å². The molecule has 1 heterocycles. The molecule has 0 fully saturated rings. The SMILES string of the molecule is [B]C(=O)NC[C@@H](O)[C@@H](O)[C@@H]1OC(C(=O)O)=C[C@H](N=C(N)N)[C@H]1NC(C)=O. The first-order chi connectivity index (χ1) is 12.0. The Morgan fingerprint density at radius 3 is 2.46 bits per heavy atom. The lowest BCUT2D eigenvalue weighted by Gasteiger charge is -2.38. The highest BCUT2D eigenvalue weighted by molar-refractivity contribution is 6.57. The Morgan fingerprint density at radius 1 is 1.38 bits per heavy atom. The number of hydrogen-bond donors (Lipinski definition) is 7. The summed E-state index contributed by atoms with van der Waals surface area (Å²) in [6.07, 6.45) is -3.69. The quantitative estimate of drug-likeness (QED) is 0.133. The summed E-state index contributed by atoms with van der Waals surface area (Å²) in [5.74, 6) is -3.92. The van der Waals surface area contributed by atoms with E-state index in [-0.39, 0.29) is 0 Å². The second-order valence-corrected chi connectivity index (χ2v) is 5.49. The van der Waals surface area contributed by atoms with Gasteiger partial charge in [0, 0.05) is 13.5 Å². The van der Waals surface area contributed by atoms with Crippen LogP contribution >= 0.6 is 0 Å². The standard InChI is InChI=1S/C13H20BN5O7/c1-4(20)18-8-5(19-13(15)16)2-7(11(23)24)26-10(8)9(22)6(21)3-17-12(14)25/h2,5-6,8-10,21-22H,3H2,1H3,(H,17,25)(H,18,20)(H,23,24)(H4,15,16,19)/t5-,6+,8+,9+,10+/m0/s1. The van der Waals surface area contributed by atoms with E-state index in [1.54, 1.807) is 0 Å². The lowest BCUT2D eigenvalue weighted by Crippen LogP contribution is -2.60. The number of carbonyl (C=O) groups is 3. The lowest BCUT2D eigenvalue weighted by atomic mass is 9.92. The van der Waals surface area contributed by atoms with Crippen molar-refractivity contribution in [2.24, 2.45) is 16.5 Å². The van der Waals surface area contributed by atoms with E-state index in [9.17, 15) is 24.6 Å². The number of hydrogen-bond acceptors (Lipinski definition) is 7. The summed E-state index contributed by atoms with van der Waals surface area (Å²) >= 11 is 0. The zero-order chi connectivity index (χ0) is 20.0. The van der Waals surface area contributed by atoms with Gasteiger partial charge in [-0.1, -0.05) is 0 Å². The molecule has 1 rings (SSSR count). The molecule has 142 valence electrons. The molecule has 2 radical (unpaired) electrons. The predicted molar refractivity (Wildman–Crippen MR) is 89.0 cm³/mol. The third-order valence-electron chi connectivity index (χ3n) is 3.40. The Kier molecular flexibility index (Phi) is 7.40. The van der Waals surface area contributed by atoms with Crippen molar-refractivity contribution in [1.82, 2.24) is 10.6 Å². The summed E-state index contributed by atoms with van der Waals surface area (Å²) in [5.41, 5.74) is 10.6. The van der Waals surface area contributed by atoms with Crippen LogP contribution in [0.1, 0.15) is 6.92 Å². The molecule has 12 nitrogen and oxygen atoms in total. The molecule has 0 unspecified atom stereocenters. The molecule has 1 aliphatic heterocycles. The van der Waals surface area contributed by atoms with Gasteiger partial charge in [-0.25, -0.2) is 9.79 Å². The van der Waals surface area contributed by atoms with Crippen molar-refractivity contribution in [2.75, 3.05) is 6.54 Å². The Labute approximate surface area is 149 Å². The molecule has 1 aliphatic rings. The summed E-state index contributed by atoms with van der Waals surface area (Å²) in [4.78, 5) is 37.3. The number of amides is 2. The van der Waals surface area contributed by atoms with Crippen LogP contribution in [0.4, 0.5) is 4.79 Å². The van der Waals surface area contributed by atoms with E-state index in [1.807, 2.05) is 0 Å². The Morgan fingerprint density at radius 2 is 2.00 bits per heavy atom. The maximum atomic E-state index is 11.5. The van der Waals surface area contributed by atoms with Crippen LogP contribution in [0.5, 0.6) is 0 Å². The fraction of sp³-hybridized carbons (Fsp3) is 0.538. The minimum absolute atomic E-state index is 0.391. The van der Waals surface area contributed by atoms with Crippen molar-refractivity contribution in [3.8, 4) is 0 Å². The van der Waals surface area contributed by atoms with Crippen molar-refractivity contribution >= 4 is 31.5 Å². The van der Waals surface area contributed by atoms with Gasteiger partial charge in [0.25, 0.3) is 0 Å². The van der Waals surface area contributed by atoms with Crippen LogP contribution in [0.15, 0.2) is 16.8 Å². The molecule has 0 aliphatic carbocycles. The van der Waals surface area contributed by atoms with Gasteiger partial charge in [-0.05, 0) is 6.08 Å². The molecular weight excluding hydrogens is 349 g/mol.